The molecule has 0 amide bonds. The van der Waals surface area contributed by atoms with Crippen LogP contribution in [-0.2, 0) is 4.74 Å². The molecule has 0 saturated carbocycles. The molecule has 0 aliphatic carbocycles. The van der Waals surface area contributed by atoms with Crippen LogP contribution in [0.15, 0.2) is 12.7 Å². The van der Waals surface area contributed by atoms with Crippen molar-refractivity contribution >= 4 is 6.16 Å². The van der Waals surface area contributed by atoms with Crippen molar-refractivity contribution < 1.29 is 23.4 Å². The topological polar surface area (TPSA) is 46.5 Å². The largest absolute Gasteiger partial charge is 0.505 e. The maximum absolute atomic E-state index is 12.0. The van der Waals surface area contributed by atoms with Crippen molar-refractivity contribution in [2.75, 3.05) is 6.61 Å². The zero-order valence-corrected chi connectivity index (χ0v) is 5.01. The Bertz CT molecular complexity index is 144. The Labute approximate surface area is 55.9 Å². The van der Waals surface area contributed by atoms with Gasteiger partial charge in [0.2, 0.25) is 0 Å². The summed E-state index contributed by atoms with van der Waals surface area (Å²) in [6.45, 7) is 1.61. The van der Waals surface area contributed by atoms with Gasteiger partial charge in [-0.2, -0.15) is 8.78 Å². The molecule has 0 bridgehead atoms. The highest BCUT2D eigenvalue weighted by Gasteiger charge is 2.25. The maximum atomic E-state index is 12.0. The van der Waals surface area contributed by atoms with E-state index in [-0.39, 0.29) is 0 Å². The van der Waals surface area contributed by atoms with Crippen LogP contribution >= 0.6 is 0 Å². The summed E-state index contributed by atoms with van der Waals surface area (Å²) in [6, 6.07) is 0. The van der Waals surface area contributed by atoms with Gasteiger partial charge in [-0.25, -0.2) is 4.79 Å². The molecule has 0 aromatic heterocycles. The second kappa shape index (κ2) is 3.14. The molecule has 0 radical (unpaired) electrons. The van der Waals surface area contributed by atoms with Crippen LogP contribution in [0.5, 0.6) is 0 Å². The molecule has 0 atom stereocenters. The fourth-order valence-corrected chi connectivity index (χ4v) is 0.217. The monoisotopic (exact) mass is 152 g/mol. The highest BCUT2D eigenvalue weighted by Crippen LogP contribution is 2.13. The highest BCUT2D eigenvalue weighted by atomic mass is 19.3. The summed E-state index contributed by atoms with van der Waals surface area (Å²) in [5.74, 6) is -3.27. The van der Waals surface area contributed by atoms with Crippen molar-refractivity contribution in [2.45, 2.75) is 5.92 Å². The van der Waals surface area contributed by atoms with E-state index in [1.807, 2.05) is 0 Å². The summed E-state index contributed by atoms with van der Waals surface area (Å²) in [5, 5.41) is 7.78. The molecule has 0 aromatic rings. The minimum atomic E-state index is -3.27. The number of halogens is 2. The lowest BCUT2D eigenvalue weighted by Gasteiger charge is -2.08. The van der Waals surface area contributed by atoms with E-state index >= 15 is 0 Å². The van der Waals surface area contributed by atoms with Crippen LogP contribution in [0.4, 0.5) is 13.6 Å². The van der Waals surface area contributed by atoms with E-state index in [9.17, 15) is 13.6 Å². The minimum absolute atomic E-state index is 0.329. The van der Waals surface area contributed by atoms with Crippen molar-refractivity contribution in [3.63, 3.8) is 0 Å². The quantitative estimate of drug-likeness (QED) is 0.492. The van der Waals surface area contributed by atoms with E-state index in [4.69, 9.17) is 5.11 Å². The van der Waals surface area contributed by atoms with Crippen molar-refractivity contribution in [1.29, 1.82) is 0 Å². The van der Waals surface area contributed by atoms with Gasteiger partial charge in [-0.15, -0.1) is 0 Å². The number of carboxylic acid groups (broad SMARTS) is 1. The lowest BCUT2D eigenvalue weighted by molar-refractivity contribution is -0.0267. The first-order valence-electron chi connectivity index (χ1n) is 2.35. The highest BCUT2D eigenvalue weighted by molar-refractivity contribution is 5.56. The number of hydrogen-bond acceptors (Lipinski definition) is 2. The van der Waals surface area contributed by atoms with Gasteiger partial charge in [0.15, 0.2) is 6.61 Å². The lowest BCUT2D eigenvalue weighted by atomic mass is 10.4. The second-order valence-corrected chi connectivity index (χ2v) is 1.52. The average Bonchev–Trinajstić information content (AvgIpc) is 1.85. The zero-order chi connectivity index (χ0) is 8.20. The standard InChI is InChI=1S/C5H6F2O3/c1-2-5(6,7)3-10-4(8)9/h2H,1,3H2,(H,8,9). The summed E-state index contributed by atoms with van der Waals surface area (Å²) < 4.78 is 27.6. The molecule has 3 nitrogen and oxygen atoms in total. The minimum Gasteiger partial charge on any atom is -0.450 e. The molecule has 1 N–H and O–H groups in total. The van der Waals surface area contributed by atoms with E-state index in [1.165, 1.54) is 0 Å². The number of rotatable bonds is 3. The second-order valence-electron chi connectivity index (χ2n) is 1.52. The van der Waals surface area contributed by atoms with Gasteiger partial charge in [0.05, 0.1) is 0 Å². The summed E-state index contributed by atoms with van der Waals surface area (Å²) in [5.41, 5.74) is 0. The molecule has 0 saturated heterocycles. The van der Waals surface area contributed by atoms with Crippen molar-refractivity contribution in [1.82, 2.24) is 0 Å². The van der Waals surface area contributed by atoms with Crippen molar-refractivity contribution in [2.24, 2.45) is 0 Å². The van der Waals surface area contributed by atoms with Gasteiger partial charge in [-0.05, 0) is 6.08 Å². The Morgan fingerprint density at radius 3 is 2.60 bits per heavy atom. The van der Waals surface area contributed by atoms with Crippen molar-refractivity contribution in [3.8, 4) is 0 Å². The van der Waals surface area contributed by atoms with Crippen LogP contribution in [0, 0.1) is 0 Å². The molecule has 0 aliphatic heterocycles. The van der Waals surface area contributed by atoms with Crippen LogP contribution in [-0.4, -0.2) is 23.8 Å². The third-order valence-electron chi connectivity index (χ3n) is 0.687. The fourth-order valence-electron chi connectivity index (χ4n) is 0.217. The average molecular weight is 152 g/mol. The van der Waals surface area contributed by atoms with E-state index in [1.54, 1.807) is 0 Å². The smallest absolute Gasteiger partial charge is 0.450 e. The molecule has 0 unspecified atom stereocenters. The molecule has 0 aromatic carbocycles. The third kappa shape index (κ3) is 3.82. The van der Waals surface area contributed by atoms with Crippen LogP contribution in [0.25, 0.3) is 0 Å². The molecule has 0 rings (SSSR count). The van der Waals surface area contributed by atoms with Gasteiger partial charge < -0.3 is 9.84 Å². The summed E-state index contributed by atoms with van der Waals surface area (Å²) in [6.07, 6.45) is -1.39. The van der Waals surface area contributed by atoms with E-state index in [0.717, 1.165) is 0 Å². The van der Waals surface area contributed by atoms with Crippen LogP contribution < -0.4 is 0 Å². The van der Waals surface area contributed by atoms with Gasteiger partial charge >= 0.3 is 6.16 Å². The number of carbonyl (C=O) groups is 1. The maximum Gasteiger partial charge on any atom is 0.505 e. The summed E-state index contributed by atoms with van der Waals surface area (Å²) in [4.78, 5) is 9.57. The Hall–Kier alpha value is -1.13. The predicted octanol–water partition coefficient (Wildman–Crippen LogP) is 1.50. The van der Waals surface area contributed by atoms with Crippen LogP contribution in [0.1, 0.15) is 0 Å². The zero-order valence-electron chi connectivity index (χ0n) is 5.01. The normalized spacial score (nSPS) is 10.6. The van der Waals surface area contributed by atoms with Gasteiger partial charge in [0, 0.05) is 0 Å². The van der Waals surface area contributed by atoms with Gasteiger partial charge in [0.25, 0.3) is 5.92 Å². The number of hydrogen-bond donors (Lipinski definition) is 1. The Kier molecular flexibility index (Phi) is 2.79. The fraction of sp³-hybridized carbons (Fsp3) is 0.400. The Balaban J connectivity index is 3.67. The van der Waals surface area contributed by atoms with E-state index in [2.05, 4.69) is 11.3 Å². The lowest BCUT2D eigenvalue weighted by Crippen LogP contribution is -2.22. The van der Waals surface area contributed by atoms with Gasteiger partial charge in [-0.3, -0.25) is 0 Å². The molecule has 0 fully saturated rings. The van der Waals surface area contributed by atoms with Crippen LogP contribution in [0.2, 0.25) is 0 Å². The first kappa shape index (κ1) is 8.87. The summed E-state index contributed by atoms with van der Waals surface area (Å²) in [7, 11) is 0. The summed E-state index contributed by atoms with van der Waals surface area (Å²) >= 11 is 0. The van der Waals surface area contributed by atoms with Gasteiger partial charge in [-0.1, -0.05) is 6.58 Å². The molecule has 5 heteroatoms. The SMILES string of the molecule is C=CC(F)(F)COC(=O)O. The molecule has 0 heterocycles. The Morgan fingerprint density at radius 1 is 1.80 bits per heavy atom. The molecule has 0 spiro atoms. The van der Waals surface area contributed by atoms with E-state index < -0.39 is 18.7 Å². The first-order chi connectivity index (χ1) is 4.48. The molecule has 58 valence electrons. The molecular formula is C5H6F2O3. The van der Waals surface area contributed by atoms with Gasteiger partial charge in [0.1, 0.15) is 0 Å². The molecule has 10 heavy (non-hydrogen) atoms. The third-order valence-corrected chi connectivity index (χ3v) is 0.687. The van der Waals surface area contributed by atoms with Crippen molar-refractivity contribution in [3.05, 3.63) is 12.7 Å². The predicted molar refractivity (Wildman–Crippen MR) is 29.1 cm³/mol. The molecule has 0 aliphatic rings. The molecular weight excluding hydrogens is 146 g/mol. The first-order valence-corrected chi connectivity index (χ1v) is 2.35. The number of ether oxygens (including phenoxy) is 1. The Morgan fingerprint density at radius 2 is 2.30 bits per heavy atom. The van der Waals surface area contributed by atoms with E-state index in [0.29, 0.717) is 6.08 Å². The number of alkyl halides is 2. The van der Waals surface area contributed by atoms with Crippen LogP contribution in [0.3, 0.4) is 0 Å².